The van der Waals surface area contributed by atoms with Crippen molar-refractivity contribution in [1.82, 2.24) is 0 Å². The molecule has 1 aromatic heterocycles. The van der Waals surface area contributed by atoms with Crippen LogP contribution in [0, 0.1) is 5.82 Å². The number of carboxylic acids is 1. The lowest BCUT2D eigenvalue weighted by molar-refractivity contribution is -0.118. The fourth-order valence-corrected chi connectivity index (χ4v) is 2.47. The Balaban J connectivity index is 1.96. The molecule has 1 amide bonds. The Kier molecular flexibility index (Phi) is 4.77. The van der Waals surface area contributed by atoms with E-state index in [2.05, 4.69) is 5.32 Å². The van der Waals surface area contributed by atoms with Crippen LogP contribution in [0.25, 0.3) is 0 Å². The third-order valence-corrected chi connectivity index (χ3v) is 3.33. The number of amides is 1. The molecular formula is C13H9ClFNO4S. The van der Waals surface area contributed by atoms with Gasteiger partial charge in [-0.25, -0.2) is 9.18 Å². The standard InChI is InChI=1S/C13H9ClFNO4S/c14-7-1-8(15)3-9(2-7)20-4-12(17)16-11-6-21-5-10(11)13(18)19/h1-3,5-6H,4H2,(H,16,17)(H,18,19). The molecule has 0 fully saturated rings. The zero-order valence-corrected chi connectivity index (χ0v) is 12.0. The average molecular weight is 330 g/mol. The molecule has 0 radical (unpaired) electrons. The van der Waals surface area contributed by atoms with E-state index in [-0.39, 0.29) is 22.0 Å². The van der Waals surface area contributed by atoms with Crippen LogP contribution in [0.1, 0.15) is 10.4 Å². The molecule has 0 unspecified atom stereocenters. The molecule has 0 aliphatic rings. The Hall–Kier alpha value is -2.12. The van der Waals surface area contributed by atoms with Crippen LogP contribution in [0.15, 0.2) is 29.0 Å². The van der Waals surface area contributed by atoms with Crippen molar-refractivity contribution in [2.75, 3.05) is 11.9 Å². The van der Waals surface area contributed by atoms with Gasteiger partial charge in [-0.2, -0.15) is 0 Å². The van der Waals surface area contributed by atoms with Crippen molar-refractivity contribution >= 4 is 40.5 Å². The molecule has 2 N–H and O–H groups in total. The van der Waals surface area contributed by atoms with Gasteiger partial charge in [-0.15, -0.1) is 11.3 Å². The average Bonchev–Trinajstić information content (AvgIpc) is 2.83. The number of carbonyl (C=O) groups is 2. The van der Waals surface area contributed by atoms with Gasteiger partial charge in [0.05, 0.1) is 11.3 Å². The van der Waals surface area contributed by atoms with Crippen molar-refractivity contribution in [1.29, 1.82) is 0 Å². The molecule has 0 atom stereocenters. The number of hydrogen-bond donors (Lipinski definition) is 2. The zero-order chi connectivity index (χ0) is 15.4. The molecule has 0 bridgehead atoms. The predicted molar refractivity (Wildman–Crippen MR) is 76.8 cm³/mol. The summed E-state index contributed by atoms with van der Waals surface area (Å²) in [4.78, 5) is 22.6. The van der Waals surface area contributed by atoms with Gasteiger partial charge < -0.3 is 15.2 Å². The number of aromatic carboxylic acids is 1. The molecule has 1 aromatic carbocycles. The van der Waals surface area contributed by atoms with E-state index in [1.54, 1.807) is 0 Å². The number of rotatable bonds is 5. The Morgan fingerprint density at radius 2 is 2.10 bits per heavy atom. The minimum Gasteiger partial charge on any atom is -0.484 e. The molecule has 2 aromatic rings. The van der Waals surface area contributed by atoms with E-state index < -0.39 is 24.3 Å². The van der Waals surface area contributed by atoms with E-state index in [1.807, 2.05) is 0 Å². The first-order valence-electron chi connectivity index (χ1n) is 5.64. The molecule has 0 aliphatic heterocycles. The predicted octanol–water partition coefficient (Wildman–Crippen LogP) is 3.26. The van der Waals surface area contributed by atoms with Crippen molar-refractivity contribution < 1.29 is 23.8 Å². The Morgan fingerprint density at radius 3 is 2.76 bits per heavy atom. The molecule has 1 heterocycles. The number of hydrogen-bond acceptors (Lipinski definition) is 4. The van der Waals surface area contributed by atoms with Crippen molar-refractivity contribution in [3.05, 3.63) is 45.4 Å². The summed E-state index contributed by atoms with van der Waals surface area (Å²) in [6, 6.07) is 3.57. The van der Waals surface area contributed by atoms with Crippen molar-refractivity contribution in [2.45, 2.75) is 0 Å². The molecule has 2 rings (SSSR count). The third-order valence-electron chi connectivity index (χ3n) is 2.37. The maximum absolute atomic E-state index is 13.1. The van der Waals surface area contributed by atoms with Crippen LogP contribution in [0.2, 0.25) is 5.02 Å². The summed E-state index contributed by atoms with van der Waals surface area (Å²) in [7, 11) is 0. The van der Waals surface area contributed by atoms with Gasteiger partial charge in [0.1, 0.15) is 11.6 Å². The highest BCUT2D eigenvalue weighted by molar-refractivity contribution is 7.08. The van der Waals surface area contributed by atoms with Crippen LogP contribution in [0.5, 0.6) is 5.75 Å². The van der Waals surface area contributed by atoms with Crippen molar-refractivity contribution in [3.8, 4) is 5.75 Å². The Bertz CT molecular complexity index is 668. The van der Waals surface area contributed by atoms with Crippen LogP contribution in [-0.4, -0.2) is 23.6 Å². The fourth-order valence-electron chi connectivity index (χ4n) is 1.51. The van der Waals surface area contributed by atoms with Gasteiger partial charge in [-0.1, -0.05) is 11.6 Å². The number of carboxylic acid groups (broad SMARTS) is 1. The molecule has 8 heteroatoms. The van der Waals surface area contributed by atoms with Crippen molar-refractivity contribution in [2.24, 2.45) is 0 Å². The minimum absolute atomic E-state index is 0.00199. The first-order valence-corrected chi connectivity index (χ1v) is 6.96. The molecular weight excluding hydrogens is 321 g/mol. The lowest BCUT2D eigenvalue weighted by Gasteiger charge is -2.07. The Morgan fingerprint density at radius 1 is 1.33 bits per heavy atom. The third kappa shape index (κ3) is 4.17. The van der Waals surface area contributed by atoms with E-state index in [9.17, 15) is 14.0 Å². The maximum atomic E-state index is 13.1. The number of anilines is 1. The second-order valence-electron chi connectivity index (χ2n) is 3.95. The molecule has 0 aliphatic carbocycles. The topological polar surface area (TPSA) is 75.6 Å². The lowest BCUT2D eigenvalue weighted by Crippen LogP contribution is -2.21. The van der Waals surface area contributed by atoms with Gasteiger partial charge in [0.15, 0.2) is 6.61 Å². The highest BCUT2D eigenvalue weighted by atomic mass is 35.5. The van der Waals surface area contributed by atoms with Crippen molar-refractivity contribution in [3.63, 3.8) is 0 Å². The summed E-state index contributed by atoms with van der Waals surface area (Å²) < 4.78 is 18.2. The molecule has 5 nitrogen and oxygen atoms in total. The number of nitrogens with one attached hydrogen (secondary N) is 1. The monoisotopic (exact) mass is 329 g/mol. The molecule has 0 saturated carbocycles. The highest BCUT2D eigenvalue weighted by Gasteiger charge is 2.14. The summed E-state index contributed by atoms with van der Waals surface area (Å²) in [5.41, 5.74) is 0.195. The summed E-state index contributed by atoms with van der Waals surface area (Å²) in [6.45, 7) is -0.394. The number of thiophene rings is 1. The lowest BCUT2D eigenvalue weighted by atomic mass is 10.3. The normalized spacial score (nSPS) is 10.2. The second kappa shape index (κ2) is 6.55. The molecule has 0 saturated heterocycles. The van der Waals surface area contributed by atoms with E-state index >= 15 is 0 Å². The van der Waals surface area contributed by atoms with Crippen LogP contribution in [-0.2, 0) is 4.79 Å². The number of halogens is 2. The van der Waals surface area contributed by atoms with Crippen LogP contribution in [0.4, 0.5) is 10.1 Å². The Labute approximate surface area is 127 Å². The fraction of sp³-hybridized carbons (Fsp3) is 0.0769. The highest BCUT2D eigenvalue weighted by Crippen LogP contribution is 2.22. The maximum Gasteiger partial charge on any atom is 0.338 e. The smallest absolute Gasteiger partial charge is 0.338 e. The SMILES string of the molecule is O=C(COc1cc(F)cc(Cl)c1)Nc1cscc1C(=O)O. The van der Waals surface area contributed by atoms with Gasteiger partial charge >= 0.3 is 5.97 Å². The second-order valence-corrected chi connectivity index (χ2v) is 5.13. The van der Waals surface area contributed by atoms with Gasteiger partial charge in [0.2, 0.25) is 0 Å². The molecule has 0 spiro atoms. The van der Waals surface area contributed by atoms with Gasteiger partial charge in [0, 0.05) is 21.8 Å². The van der Waals surface area contributed by atoms with E-state index in [0.717, 1.165) is 23.5 Å². The zero-order valence-electron chi connectivity index (χ0n) is 10.4. The largest absolute Gasteiger partial charge is 0.484 e. The van der Waals surface area contributed by atoms with Crippen LogP contribution < -0.4 is 10.1 Å². The van der Waals surface area contributed by atoms with Gasteiger partial charge in [0.25, 0.3) is 5.91 Å². The number of carbonyl (C=O) groups excluding carboxylic acids is 1. The first-order chi connectivity index (χ1) is 9.95. The van der Waals surface area contributed by atoms with Crippen LogP contribution in [0.3, 0.4) is 0 Å². The summed E-state index contributed by atoms with van der Waals surface area (Å²) in [5.74, 6) is -2.16. The van der Waals surface area contributed by atoms with Gasteiger partial charge in [-0.3, -0.25) is 4.79 Å². The van der Waals surface area contributed by atoms with Gasteiger partial charge in [-0.05, 0) is 12.1 Å². The van der Waals surface area contributed by atoms with E-state index in [4.69, 9.17) is 21.4 Å². The minimum atomic E-state index is -1.13. The molecule has 21 heavy (non-hydrogen) atoms. The van der Waals surface area contributed by atoms with E-state index in [0.29, 0.717) is 0 Å². The first kappa shape index (κ1) is 15.3. The van der Waals surface area contributed by atoms with E-state index in [1.165, 1.54) is 16.8 Å². The van der Waals surface area contributed by atoms with Crippen LogP contribution >= 0.6 is 22.9 Å². The summed E-state index contributed by atoms with van der Waals surface area (Å²) >= 11 is 6.80. The summed E-state index contributed by atoms with van der Waals surface area (Å²) in [6.07, 6.45) is 0. The number of benzene rings is 1. The quantitative estimate of drug-likeness (QED) is 0.883. The summed E-state index contributed by atoms with van der Waals surface area (Å²) in [5, 5.41) is 14.4. The molecule has 110 valence electrons. The number of ether oxygens (including phenoxy) is 1.